The first-order valence-electron chi connectivity index (χ1n) is 4.88. The minimum atomic E-state index is -3.59. The molecule has 4 nitrogen and oxygen atoms in total. The first-order valence-corrected chi connectivity index (χ1v) is 8.31. The second-order valence-corrected chi connectivity index (χ2v) is 8.51. The zero-order valence-electron chi connectivity index (χ0n) is 9.35. The number of hydrogen-bond acceptors (Lipinski definition) is 4. The van der Waals surface area contributed by atoms with Crippen molar-refractivity contribution >= 4 is 48.9 Å². The van der Waals surface area contributed by atoms with Crippen LogP contribution in [0, 0.1) is 0 Å². The summed E-state index contributed by atoms with van der Waals surface area (Å²) in [5.41, 5.74) is 0. The molecule has 0 saturated carbocycles. The molecule has 98 valence electrons. The van der Waals surface area contributed by atoms with Crippen LogP contribution in [0.1, 0.15) is 13.8 Å². The van der Waals surface area contributed by atoms with Gasteiger partial charge in [0.2, 0.25) is 0 Å². The molecule has 1 rings (SSSR count). The third-order valence-corrected chi connectivity index (χ3v) is 7.08. The zero-order chi connectivity index (χ0) is 13.2. The molecule has 1 N–H and O–H groups in total. The van der Waals surface area contributed by atoms with Crippen molar-refractivity contribution in [2.75, 3.05) is 13.2 Å². The summed E-state index contributed by atoms with van der Waals surface area (Å²) in [5, 5.41) is 9.29. The molecule has 0 saturated heterocycles. The standard InChI is InChI=1S/C9H13BrClNO3S2/c1-6(2)12(3-4-13)17(14,15)8-5-7(11)9(10)16-8/h5-6,13H,3-4H2,1-2H3. The third kappa shape index (κ3) is 3.42. The Morgan fingerprint density at radius 1 is 1.59 bits per heavy atom. The lowest BCUT2D eigenvalue weighted by Crippen LogP contribution is -2.38. The monoisotopic (exact) mass is 361 g/mol. The normalized spacial score (nSPS) is 12.6. The van der Waals surface area contributed by atoms with Gasteiger partial charge in [-0.25, -0.2) is 8.42 Å². The molecule has 8 heteroatoms. The Bertz CT molecular complexity index is 467. The molecular formula is C9H13BrClNO3S2. The summed E-state index contributed by atoms with van der Waals surface area (Å²) in [4.78, 5) is 0. The number of aliphatic hydroxyl groups is 1. The highest BCUT2D eigenvalue weighted by Gasteiger charge is 2.28. The summed E-state index contributed by atoms with van der Waals surface area (Å²) in [7, 11) is -3.59. The van der Waals surface area contributed by atoms with E-state index in [0.29, 0.717) is 8.81 Å². The van der Waals surface area contributed by atoms with Gasteiger partial charge in [-0.2, -0.15) is 4.31 Å². The van der Waals surface area contributed by atoms with Crippen LogP contribution >= 0.6 is 38.9 Å². The van der Waals surface area contributed by atoms with E-state index in [4.69, 9.17) is 16.7 Å². The Balaban J connectivity index is 3.16. The third-order valence-electron chi connectivity index (χ3n) is 2.08. The van der Waals surface area contributed by atoms with Gasteiger partial charge in [0, 0.05) is 12.6 Å². The summed E-state index contributed by atoms with van der Waals surface area (Å²) >= 11 is 10.1. The molecule has 1 aromatic rings. The molecule has 0 radical (unpaired) electrons. The largest absolute Gasteiger partial charge is 0.395 e. The van der Waals surface area contributed by atoms with E-state index in [0.717, 1.165) is 11.3 Å². The highest BCUT2D eigenvalue weighted by molar-refractivity contribution is 9.11. The van der Waals surface area contributed by atoms with Gasteiger partial charge >= 0.3 is 0 Å². The zero-order valence-corrected chi connectivity index (χ0v) is 13.3. The summed E-state index contributed by atoms with van der Waals surface area (Å²) in [6.45, 7) is 3.39. The van der Waals surface area contributed by atoms with Crippen LogP contribution in [0.5, 0.6) is 0 Å². The molecule has 0 aliphatic rings. The second kappa shape index (κ2) is 5.99. The van der Waals surface area contributed by atoms with Gasteiger partial charge in [-0.05, 0) is 35.8 Å². The van der Waals surface area contributed by atoms with E-state index in [2.05, 4.69) is 15.9 Å². The van der Waals surface area contributed by atoms with Gasteiger partial charge in [0.25, 0.3) is 10.0 Å². The van der Waals surface area contributed by atoms with Crippen LogP contribution in [0.15, 0.2) is 14.1 Å². The van der Waals surface area contributed by atoms with E-state index >= 15 is 0 Å². The average molecular weight is 363 g/mol. The number of nitrogens with zero attached hydrogens (tertiary/aromatic N) is 1. The fourth-order valence-corrected chi connectivity index (χ4v) is 5.48. The number of sulfonamides is 1. The van der Waals surface area contributed by atoms with Crippen LogP contribution in [-0.4, -0.2) is 37.0 Å². The molecule has 1 heterocycles. The van der Waals surface area contributed by atoms with Gasteiger partial charge in [-0.15, -0.1) is 11.3 Å². The highest BCUT2D eigenvalue weighted by Crippen LogP contribution is 2.36. The molecule has 0 aliphatic carbocycles. The van der Waals surface area contributed by atoms with Crippen molar-refractivity contribution in [3.05, 3.63) is 14.9 Å². The van der Waals surface area contributed by atoms with E-state index in [1.54, 1.807) is 13.8 Å². The minimum Gasteiger partial charge on any atom is -0.395 e. The SMILES string of the molecule is CC(C)N(CCO)S(=O)(=O)c1cc(Cl)c(Br)s1. The van der Waals surface area contributed by atoms with Gasteiger partial charge < -0.3 is 5.11 Å². The van der Waals surface area contributed by atoms with Crippen molar-refractivity contribution in [2.45, 2.75) is 24.1 Å². The van der Waals surface area contributed by atoms with E-state index in [9.17, 15) is 8.42 Å². The first-order chi connectivity index (χ1) is 7.80. The summed E-state index contributed by atoms with van der Waals surface area (Å²) in [6.07, 6.45) is 0. The average Bonchev–Trinajstić information content (AvgIpc) is 2.55. The molecule has 0 aliphatic heterocycles. The number of hydrogen-bond donors (Lipinski definition) is 1. The quantitative estimate of drug-likeness (QED) is 0.876. The Kier molecular flexibility index (Phi) is 5.42. The lowest BCUT2D eigenvalue weighted by molar-refractivity contribution is 0.237. The molecule has 0 amide bonds. The van der Waals surface area contributed by atoms with Crippen molar-refractivity contribution in [3.8, 4) is 0 Å². The van der Waals surface area contributed by atoms with Crippen LogP contribution in [0.4, 0.5) is 0 Å². The van der Waals surface area contributed by atoms with Gasteiger partial charge in [-0.3, -0.25) is 0 Å². The highest BCUT2D eigenvalue weighted by atomic mass is 79.9. The molecule has 0 atom stereocenters. The van der Waals surface area contributed by atoms with E-state index in [1.807, 2.05) is 0 Å². The fraction of sp³-hybridized carbons (Fsp3) is 0.556. The van der Waals surface area contributed by atoms with E-state index in [1.165, 1.54) is 10.4 Å². The van der Waals surface area contributed by atoms with Crippen molar-refractivity contribution in [1.29, 1.82) is 0 Å². The molecule has 0 spiro atoms. The second-order valence-electron chi connectivity index (χ2n) is 3.62. The number of thiophene rings is 1. The van der Waals surface area contributed by atoms with Gasteiger partial charge in [0.1, 0.15) is 4.21 Å². The van der Waals surface area contributed by atoms with Crippen molar-refractivity contribution in [3.63, 3.8) is 0 Å². The predicted molar refractivity (Wildman–Crippen MR) is 73.1 cm³/mol. The van der Waals surface area contributed by atoms with Crippen LogP contribution in [-0.2, 0) is 10.0 Å². The number of rotatable bonds is 5. The van der Waals surface area contributed by atoms with Crippen LogP contribution < -0.4 is 0 Å². The van der Waals surface area contributed by atoms with Crippen molar-refractivity contribution in [1.82, 2.24) is 4.31 Å². The lowest BCUT2D eigenvalue weighted by atomic mass is 10.4. The van der Waals surface area contributed by atoms with Gasteiger partial charge in [0.15, 0.2) is 0 Å². The molecular weight excluding hydrogens is 350 g/mol. The maximum atomic E-state index is 12.3. The molecule has 0 unspecified atom stereocenters. The number of halogens is 2. The molecule has 0 fully saturated rings. The maximum Gasteiger partial charge on any atom is 0.252 e. The molecule has 17 heavy (non-hydrogen) atoms. The predicted octanol–water partition coefficient (Wildman–Crippen LogP) is 2.56. The summed E-state index contributed by atoms with van der Waals surface area (Å²) in [5.74, 6) is 0. The fourth-order valence-electron chi connectivity index (χ4n) is 1.32. The maximum absolute atomic E-state index is 12.3. The Morgan fingerprint density at radius 2 is 2.18 bits per heavy atom. The Hall–Kier alpha value is 0.340. The Labute approximate surface area is 118 Å². The Morgan fingerprint density at radius 3 is 2.53 bits per heavy atom. The van der Waals surface area contributed by atoms with Crippen LogP contribution in [0.2, 0.25) is 5.02 Å². The smallest absolute Gasteiger partial charge is 0.252 e. The molecule has 0 aromatic carbocycles. The first kappa shape index (κ1) is 15.4. The molecule has 0 bridgehead atoms. The van der Waals surface area contributed by atoms with Crippen molar-refractivity contribution in [2.24, 2.45) is 0 Å². The van der Waals surface area contributed by atoms with E-state index in [-0.39, 0.29) is 23.4 Å². The van der Waals surface area contributed by atoms with Gasteiger partial charge in [-0.1, -0.05) is 11.6 Å². The van der Waals surface area contributed by atoms with Crippen LogP contribution in [0.25, 0.3) is 0 Å². The van der Waals surface area contributed by atoms with Crippen molar-refractivity contribution < 1.29 is 13.5 Å². The number of aliphatic hydroxyl groups excluding tert-OH is 1. The minimum absolute atomic E-state index is 0.0765. The summed E-state index contributed by atoms with van der Waals surface area (Å²) in [6, 6.07) is 1.20. The summed E-state index contributed by atoms with van der Waals surface area (Å²) < 4.78 is 26.6. The van der Waals surface area contributed by atoms with Gasteiger partial charge in [0.05, 0.1) is 15.4 Å². The molecule has 1 aromatic heterocycles. The van der Waals surface area contributed by atoms with E-state index < -0.39 is 10.0 Å². The van der Waals surface area contributed by atoms with Crippen LogP contribution in [0.3, 0.4) is 0 Å². The lowest BCUT2D eigenvalue weighted by Gasteiger charge is -2.24. The topological polar surface area (TPSA) is 57.6 Å².